The van der Waals surface area contributed by atoms with Gasteiger partial charge in [-0.2, -0.15) is 0 Å². The SMILES string of the molecule is CC1(CC2=Cc3c(-c4ccccc4C(C)(C)C)cccc3[CH]2[Zr])CCCCCC1.Cl.Cl. The maximum absolute atomic E-state index is 2.58. The number of allylic oxidation sites excluding steroid dienone is 1. The topological polar surface area (TPSA) is 0 Å². The van der Waals surface area contributed by atoms with Crippen molar-refractivity contribution in [3.8, 4) is 11.1 Å². The van der Waals surface area contributed by atoms with Gasteiger partial charge in [0.2, 0.25) is 0 Å². The van der Waals surface area contributed by atoms with E-state index >= 15 is 0 Å². The summed E-state index contributed by atoms with van der Waals surface area (Å²) in [6, 6.07) is 16.0. The Morgan fingerprint density at radius 1 is 0.871 bits per heavy atom. The van der Waals surface area contributed by atoms with Crippen LogP contribution in [0.2, 0.25) is 0 Å². The molecule has 3 heteroatoms. The number of fused-ring (bicyclic) bond motifs is 1. The van der Waals surface area contributed by atoms with Gasteiger partial charge in [0, 0.05) is 0 Å². The summed E-state index contributed by atoms with van der Waals surface area (Å²) in [7, 11) is 0. The molecule has 31 heavy (non-hydrogen) atoms. The fourth-order valence-electron chi connectivity index (χ4n) is 5.48. The molecule has 0 nitrogen and oxygen atoms in total. The van der Waals surface area contributed by atoms with Gasteiger partial charge in [-0.05, 0) is 0 Å². The van der Waals surface area contributed by atoms with Crippen molar-refractivity contribution in [2.75, 3.05) is 0 Å². The van der Waals surface area contributed by atoms with Gasteiger partial charge < -0.3 is 0 Å². The zero-order chi connectivity index (χ0) is 20.6. The van der Waals surface area contributed by atoms with Gasteiger partial charge in [0.1, 0.15) is 0 Å². The molecule has 1 unspecified atom stereocenters. The van der Waals surface area contributed by atoms with Crippen molar-refractivity contribution in [2.24, 2.45) is 5.41 Å². The maximum Gasteiger partial charge on any atom is -0.147 e. The van der Waals surface area contributed by atoms with E-state index in [2.05, 4.69) is 76.2 Å². The van der Waals surface area contributed by atoms with Crippen LogP contribution >= 0.6 is 24.8 Å². The van der Waals surface area contributed by atoms with Crippen molar-refractivity contribution in [3.05, 3.63) is 64.7 Å². The van der Waals surface area contributed by atoms with Crippen molar-refractivity contribution in [3.63, 3.8) is 0 Å². The quantitative estimate of drug-likeness (QED) is 0.344. The van der Waals surface area contributed by atoms with E-state index in [9.17, 15) is 0 Å². The minimum atomic E-state index is 0. The second-order valence-corrected chi connectivity index (χ2v) is 12.1. The van der Waals surface area contributed by atoms with E-state index in [1.807, 2.05) is 0 Å². The molecule has 0 spiro atoms. The Bertz CT molecular complexity index is 915. The zero-order valence-electron chi connectivity index (χ0n) is 19.5. The van der Waals surface area contributed by atoms with Crippen LogP contribution in [0.3, 0.4) is 0 Å². The van der Waals surface area contributed by atoms with Gasteiger partial charge in [0.25, 0.3) is 0 Å². The predicted molar refractivity (Wildman–Crippen MR) is 136 cm³/mol. The average molecular weight is 536 g/mol. The largest absolute Gasteiger partial charge is 0.147 e. The van der Waals surface area contributed by atoms with Gasteiger partial charge in [0.05, 0.1) is 0 Å². The molecule has 0 bridgehead atoms. The molecule has 167 valence electrons. The minimum absolute atomic E-state index is 0. The van der Waals surface area contributed by atoms with Crippen LogP contribution in [-0.4, -0.2) is 0 Å². The Morgan fingerprint density at radius 3 is 2.13 bits per heavy atom. The number of rotatable bonds is 3. The summed E-state index contributed by atoms with van der Waals surface area (Å²) in [5.74, 6) is 0. The third kappa shape index (κ3) is 5.77. The van der Waals surface area contributed by atoms with Crippen molar-refractivity contribution in [2.45, 2.75) is 81.7 Å². The Kier molecular flexibility index (Phi) is 9.29. The molecule has 2 aromatic rings. The van der Waals surface area contributed by atoms with E-state index < -0.39 is 0 Å². The molecule has 1 fully saturated rings. The molecule has 2 aliphatic rings. The summed E-state index contributed by atoms with van der Waals surface area (Å²) in [5.41, 5.74) is 9.71. The van der Waals surface area contributed by atoms with Gasteiger partial charge in [0.15, 0.2) is 0 Å². The van der Waals surface area contributed by atoms with Gasteiger partial charge in [-0.15, -0.1) is 24.8 Å². The fraction of sp³-hybridized carbons (Fsp3) is 0.500. The number of benzene rings is 2. The van der Waals surface area contributed by atoms with Crippen molar-refractivity contribution >= 4 is 30.9 Å². The molecular weight excluding hydrogens is 498 g/mol. The second kappa shape index (κ2) is 10.7. The number of hydrogen-bond donors (Lipinski definition) is 0. The summed E-state index contributed by atoms with van der Waals surface area (Å²) in [6.07, 6.45) is 12.4. The predicted octanol–water partition coefficient (Wildman–Crippen LogP) is 9.23. The summed E-state index contributed by atoms with van der Waals surface area (Å²) in [4.78, 5) is 0. The van der Waals surface area contributed by atoms with Crippen LogP contribution in [0.25, 0.3) is 17.2 Å². The second-order valence-electron chi connectivity index (χ2n) is 10.7. The number of halogens is 2. The van der Waals surface area contributed by atoms with Gasteiger partial charge in [-0.3, -0.25) is 0 Å². The Morgan fingerprint density at radius 2 is 1.48 bits per heavy atom. The van der Waals surface area contributed by atoms with E-state index in [4.69, 9.17) is 0 Å². The van der Waals surface area contributed by atoms with E-state index in [0.717, 1.165) is 0 Å². The first kappa shape index (κ1) is 26.9. The van der Waals surface area contributed by atoms with Crippen LogP contribution in [0.5, 0.6) is 0 Å². The van der Waals surface area contributed by atoms with Crippen LogP contribution in [0.4, 0.5) is 0 Å². The third-order valence-electron chi connectivity index (χ3n) is 7.12. The average Bonchev–Trinajstić information content (AvgIpc) is 2.85. The molecule has 2 aliphatic carbocycles. The molecule has 0 heterocycles. The van der Waals surface area contributed by atoms with Crippen LogP contribution in [0.1, 0.15) is 93.0 Å². The molecule has 0 aliphatic heterocycles. The van der Waals surface area contributed by atoms with Crippen LogP contribution < -0.4 is 0 Å². The molecule has 1 atom stereocenters. The van der Waals surface area contributed by atoms with Crippen molar-refractivity contribution in [1.82, 2.24) is 0 Å². The number of hydrogen-bond acceptors (Lipinski definition) is 0. The molecule has 0 N–H and O–H groups in total. The molecule has 0 radical (unpaired) electrons. The van der Waals surface area contributed by atoms with Crippen LogP contribution in [0.15, 0.2) is 48.0 Å². The molecule has 0 amide bonds. The van der Waals surface area contributed by atoms with E-state index in [0.29, 0.717) is 9.04 Å². The maximum atomic E-state index is 2.58. The Balaban J connectivity index is 0.00000171. The summed E-state index contributed by atoms with van der Waals surface area (Å²) < 4.78 is 0.638. The van der Waals surface area contributed by atoms with E-state index in [-0.39, 0.29) is 30.2 Å². The normalized spacial score (nSPS) is 20.0. The summed E-state index contributed by atoms with van der Waals surface area (Å²) >= 11 is 1.64. The van der Waals surface area contributed by atoms with Crippen LogP contribution in [-0.2, 0) is 30.1 Å². The van der Waals surface area contributed by atoms with E-state index in [1.54, 1.807) is 35.9 Å². The molecule has 0 saturated heterocycles. The summed E-state index contributed by atoms with van der Waals surface area (Å²) in [5, 5.41) is 0. The van der Waals surface area contributed by atoms with Gasteiger partial charge in [-0.25, -0.2) is 0 Å². The van der Waals surface area contributed by atoms with Crippen molar-refractivity contribution < 1.29 is 24.7 Å². The smallest absolute Gasteiger partial charge is 0.147 e. The standard InChI is InChI=1S/C28H35.2ClH.Zr/c1-27(2,3)26-15-8-7-13-24(26)23-14-11-12-22-18-21(19-25(22)23)20-28(4)16-9-5-6-10-17-28;;;/h7-8,11-15,18-19H,5-6,9-10,16-17,20H2,1-4H3;2*1H;. The third-order valence-corrected chi connectivity index (χ3v) is 8.79. The first-order chi connectivity index (χ1) is 13.8. The summed E-state index contributed by atoms with van der Waals surface area (Å²) in [6.45, 7) is 9.55. The minimum Gasteiger partial charge on any atom is -0.147 e. The zero-order valence-corrected chi connectivity index (χ0v) is 23.6. The van der Waals surface area contributed by atoms with E-state index in [1.165, 1.54) is 67.2 Å². The van der Waals surface area contributed by atoms with Crippen LogP contribution in [0, 0.1) is 5.41 Å². The molecular formula is C28H37Cl2Zr. The monoisotopic (exact) mass is 533 g/mol. The Labute approximate surface area is 217 Å². The van der Waals surface area contributed by atoms with Gasteiger partial charge in [-0.1, -0.05) is 0 Å². The first-order valence-electron chi connectivity index (χ1n) is 11.4. The Hall–Kier alpha value is -0.357. The fourth-order valence-corrected chi connectivity index (χ4v) is 6.55. The first-order valence-corrected chi connectivity index (χ1v) is 12.8. The molecule has 4 rings (SSSR count). The molecule has 2 aromatic carbocycles. The van der Waals surface area contributed by atoms with Crippen molar-refractivity contribution in [1.29, 1.82) is 0 Å². The molecule has 1 saturated carbocycles. The molecule has 0 aromatic heterocycles. The van der Waals surface area contributed by atoms with Gasteiger partial charge >= 0.3 is 194 Å².